The fourth-order valence-corrected chi connectivity index (χ4v) is 4.05. The number of H-pyrrole nitrogens is 1. The number of benzene rings is 2. The molecular formula is C24H26N4O3. The number of hydrogen-bond acceptors (Lipinski definition) is 4. The second kappa shape index (κ2) is 8.73. The van der Waals surface area contributed by atoms with Gasteiger partial charge >= 0.3 is 0 Å². The van der Waals surface area contributed by atoms with Gasteiger partial charge in [0.05, 0.1) is 12.1 Å². The molecule has 0 radical (unpaired) electrons. The van der Waals surface area contributed by atoms with Crippen molar-refractivity contribution in [1.82, 2.24) is 14.8 Å². The lowest BCUT2D eigenvalue weighted by Gasteiger charge is -2.34. The number of carbonyl (C=O) groups is 2. The minimum atomic E-state index is -0.288. The number of aromatic amines is 1. The molecular weight excluding hydrogens is 392 g/mol. The summed E-state index contributed by atoms with van der Waals surface area (Å²) in [6.45, 7) is 6.47. The summed E-state index contributed by atoms with van der Waals surface area (Å²) in [5.74, 6) is -0.209. The van der Waals surface area contributed by atoms with E-state index in [1.54, 1.807) is 11.0 Å². The quantitative estimate of drug-likeness (QED) is 0.682. The number of hydrogen-bond donors (Lipinski definition) is 2. The van der Waals surface area contributed by atoms with Crippen LogP contribution in [0.25, 0.3) is 10.9 Å². The second-order valence-corrected chi connectivity index (χ2v) is 7.98. The molecule has 1 saturated heterocycles. The molecule has 2 N–H and O–H groups in total. The van der Waals surface area contributed by atoms with Crippen LogP contribution in [0.3, 0.4) is 0 Å². The molecule has 0 atom stereocenters. The maximum Gasteiger partial charge on any atom is 0.254 e. The van der Waals surface area contributed by atoms with Crippen LogP contribution in [-0.4, -0.2) is 59.3 Å². The summed E-state index contributed by atoms with van der Waals surface area (Å²) in [4.78, 5) is 44.2. The Morgan fingerprint density at radius 2 is 1.65 bits per heavy atom. The largest absolute Gasteiger partial charge is 0.336 e. The Morgan fingerprint density at radius 1 is 0.968 bits per heavy atom. The third-order valence-corrected chi connectivity index (χ3v) is 5.75. The zero-order valence-corrected chi connectivity index (χ0v) is 17.8. The van der Waals surface area contributed by atoms with Crippen LogP contribution in [0, 0.1) is 13.8 Å². The molecule has 0 bridgehead atoms. The molecule has 1 aliphatic heterocycles. The van der Waals surface area contributed by atoms with Gasteiger partial charge in [0, 0.05) is 48.8 Å². The Hall–Kier alpha value is -3.45. The maximum atomic E-state index is 13.1. The highest BCUT2D eigenvalue weighted by Crippen LogP contribution is 2.20. The van der Waals surface area contributed by atoms with Gasteiger partial charge in [-0.25, -0.2) is 0 Å². The van der Waals surface area contributed by atoms with Gasteiger partial charge in [0.15, 0.2) is 0 Å². The molecule has 1 aromatic heterocycles. The number of aromatic nitrogens is 1. The number of amides is 2. The van der Waals surface area contributed by atoms with Crippen LogP contribution in [0.1, 0.15) is 21.5 Å². The van der Waals surface area contributed by atoms with Gasteiger partial charge in [0.25, 0.3) is 5.91 Å². The van der Waals surface area contributed by atoms with Crippen molar-refractivity contribution in [3.8, 4) is 0 Å². The number of pyridine rings is 1. The van der Waals surface area contributed by atoms with E-state index in [0.717, 1.165) is 22.2 Å². The van der Waals surface area contributed by atoms with Gasteiger partial charge in [-0.05, 0) is 31.0 Å². The van der Waals surface area contributed by atoms with E-state index in [1.807, 2.05) is 55.1 Å². The number of fused-ring (bicyclic) bond motifs is 1. The molecule has 4 rings (SSSR count). The Kier molecular flexibility index (Phi) is 5.86. The topological polar surface area (TPSA) is 85.5 Å². The first-order valence-corrected chi connectivity index (χ1v) is 10.4. The van der Waals surface area contributed by atoms with E-state index in [0.29, 0.717) is 37.3 Å². The summed E-state index contributed by atoms with van der Waals surface area (Å²) in [5, 5.41) is 3.75. The van der Waals surface area contributed by atoms with Gasteiger partial charge in [-0.1, -0.05) is 36.4 Å². The van der Waals surface area contributed by atoms with Crippen LogP contribution < -0.4 is 10.9 Å². The van der Waals surface area contributed by atoms with E-state index >= 15 is 0 Å². The van der Waals surface area contributed by atoms with Crippen LogP contribution in [0.4, 0.5) is 5.69 Å². The maximum absolute atomic E-state index is 13.1. The standard InChI is InChI=1S/C24H26N4O3/c1-16-6-5-7-17(2)23(16)26-22(30)15-27-10-12-28(13-11-27)24(31)19-14-21(29)25-20-9-4-3-8-18(19)20/h3-9,14H,10-13,15H2,1-2H3,(H,25,29)(H,26,30). The highest BCUT2D eigenvalue weighted by atomic mass is 16.2. The minimum absolute atomic E-state index is 0.0576. The van der Waals surface area contributed by atoms with Crippen molar-refractivity contribution in [2.75, 3.05) is 38.0 Å². The zero-order chi connectivity index (χ0) is 22.0. The highest BCUT2D eigenvalue weighted by Gasteiger charge is 2.25. The molecule has 2 amide bonds. The number of carbonyl (C=O) groups excluding carboxylic acids is 2. The van der Waals surface area contributed by atoms with Crippen LogP contribution >= 0.6 is 0 Å². The van der Waals surface area contributed by atoms with E-state index in [4.69, 9.17) is 0 Å². The molecule has 0 spiro atoms. The lowest BCUT2D eigenvalue weighted by Crippen LogP contribution is -2.50. The summed E-state index contributed by atoms with van der Waals surface area (Å²) in [6, 6.07) is 14.6. The van der Waals surface area contributed by atoms with Crippen molar-refractivity contribution in [2.45, 2.75) is 13.8 Å². The summed E-state index contributed by atoms with van der Waals surface area (Å²) in [5.41, 5.74) is 3.72. The molecule has 1 fully saturated rings. The number of nitrogens with zero attached hydrogens (tertiary/aromatic N) is 2. The fraction of sp³-hybridized carbons (Fsp3) is 0.292. The van der Waals surface area contributed by atoms with Crippen molar-refractivity contribution in [1.29, 1.82) is 0 Å². The molecule has 3 aromatic rings. The molecule has 2 heterocycles. The molecule has 31 heavy (non-hydrogen) atoms. The van der Waals surface area contributed by atoms with Crippen molar-refractivity contribution in [3.63, 3.8) is 0 Å². The highest BCUT2D eigenvalue weighted by molar-refractivity contribution is 6.06. The van der Waals surface area contributed by atoms with Crippen molar-refractivity contribution in [3.05, 3.63) is 75.6 Å². The number of aryl methyl sites for hydroxylation is 2. The van der Waals surface area contributed by atoms with Crippen LogP contribution in [0.5, 0.6) is 0 Å². The lowest BCUT2D eigenvalue weighted by atomic mass is 10.1. The lowest BCUT2D eigenvalue weighted by molar-refractivity contribution is -0.117. The second-order valence-electron chi connectivity index (χ2n) is 7.98. The Bertz CT molecular complexity index is 1170. The van der Waals surface area contributed by atoms with Gasteiger partial charge in [-0.2, -0.15) is 0 Å². The first-order valence-electron chi connectivity index (χ1n) is 10.4. The molecule has 7 heteroatoms. The molecule has 7 nitrogen and oxygen atoms in total. The summed E-state index contributed by atoms with van der Waals surface area (Å²) < 4.78 is 0. The number of nitrogens with one attached hydrogen (secondary N) is 2. The summed E-state index contributed by atoms with van der Waals surface area (Å²) >= 11 is 0. The van der Waals surface area contributed by atoms with Crippen LogP contribution in [0.2, 0.25) is 0 Å². The smallest absolute Gasteiger partial charge is 0.254 e. The first-order chi connectivity index (χ1) is 14.9. The normalized spacial score (nSPS) is 14.6. The molecule has 160 valence electrons. The monoisotopic (exact) mass is 418 g/mol. The third kappa shape index (κ3) is 4.51. The zero-order valence-electron chi connectivity index (χ0n) is 17.8. The molecule has 1 aliphatic rings. The third-order valence-electron chi connectivity index (χ3n) is 5.75. The predicted octanol–water partition coefficient (Wildman–Crippen LogP) is 2.54. The Morgan fingerprint density at radius 3 is 2.35 bits per heavy atom. The van der Waals surface area contributed by atoms with Gasteiger partial charge < -0.3 is 15.2 Å². The van der Waals surface area contributed by atoms with E-state index in [9.17, 15) is 14.4 Å². The van der Waals surface area contributed by atoms with E-state index in [-0.39, 0.29) is 23.9 Å². The van der Waals surface area contributed by atoms with E-state index in [2.05, 4.69) is 10.3 Å². The van der Waals surface area contributed by atoms with E-state index in [1.165, 1.54) is 6.07 Å². The molecule has 0 unspecified atom stereocenters. The van der Waals surface area contributed by atoms with Crippen molar-refractivity contribution in [2.24, 2.45) is 0 Å². The summed E-state index contributed by atoms with van der Waals surface area (Å²) in [6.07, 6.45) is 0. The number of anilines is 1. The Labute approximate surface area is 180 Å². The number of para-hydroxylation sites is 2. The van der Waals surface area contributed by atoms with Crippen LogP contribution in [0.15, 0.2) is 53.3 Å². The van der Waals surface area contributed by atoms with Gasteiger partial charge in [-0.3, -0.25) is 19.3 Å². The Balaban J connectivity index is 1.38. The number of piperazine rings is 1. The SMILES string of the molecule is Cc1cccc(C)c1NC(=O)CN1CCN(C(=O)c2cc(=O)[nH]c3ccccc23)CC1. The van der Waals surface area contributed by atoms with Crippen molar-refractivity contribution >= 4 is 28.4 Å². The molecule has 2 aromatic carbocycles. The molecule has 0 saturated carbocycles. The summed E-state index contributed by atoms with van der Waals surface area (Å²) in [7, 11) is 0. The number of rotatable bonds is 4. The predicted molar refractivity (Wildman–Crippen MR) is 121 cm³/mol. The van der Waals surface area contributed by atoms with Crippen LogP contribution in [-0.2, 0) is 4.79 Å². The molecule has 0 aliphatic carbocycles. The average Bonchev–Trinajstić information content (AvgIpc) is 2.76. The average molecular weight is 418 g/mol. The first kappa shape index (κ1) is 20.8. The van der Waals surface area contributed by atoms with Gasteiger partial charge in [0.2, 0.25) is 11.5 Å². The van der Waals surface area contributed by atoms with E-state index < -0.39 is 0 Å². The van der Waals surface area contributed by atoms with Crippen molar-refractivity contribution < 1.29 is 9.59 Å². The fourth-order valence-electron chi connectivity index (χ4n) is 4.05. The minimum Gasteiger partial charge on any atom is -0.336 e. The van der Waals surface area contributed by atoms with Gasteiger partial charge in [0.1, 0.15) is 0 Å². The van der Waals surface area contributed by atoms with Gasteiger partial charge in [-0.15, -0.1) is 0 Å².